The van der Waals surface area contributed by atoms with Gasteiger partial charge in [-0.15, -0.1) is 0 Å². The standard InChI is InChI=1S/C12H20N4O/c1-2-11(1)13-7-12-14-9-16(15-12)8-10-3-5-17-6-4-10/h9-11,13H,1-8H2. The molecule has 0 radical (unpaired) electrons. The summed E-state index contributed by atoms with van der Waals surface area (Å²) in [6.45, 7) is 3.59. The van der Waals surface area contributed by atoms with Gasteiger partial charge < -0.3 is 10.1 Å². The Hall–Kier alpha value is -0.940. The maximum atomic E-state index is 5.36. The van der Waals surface area contributed by atoms with E-state index in [-0.39, 0.29) is 0 Å². The fourth-order valence-corrected chi connectivity index (χ4v) is 2.22. The molecule has 0 amide bonds. The van der Waals surface area contributed by atoms with Crippen molar-refractivity contribution in [1.82, 2.24) is 20.1 Å². The van der Waals surface area contributed by atoms with Crippen LogP contribution in [-0.2, 0) is 17.8 Å². The summed E-state index contributed by atoms with van der Waals surface area (Å²) >= 11 is 0. The second-order valence-corrected chi connectivity index (χ2v) is 5.09. The highest BCUT2D eigenvalue weighted by molar-refractivity contribution is 4.87. The lowest BCUT2D eigenvalue weighted by Crippen LogP contribution is -2.21. The molecular weight excluding hydrogens is 216 g/mol. The van der Waals surface area contributed by atoms with Crippen LogP contribution in [0.5, 0.6) is 0 Å². The van der Waals surface area contributed by atoms with Crippen LogP contribution < -0.4 is 5.32 Å². The van der Waals surface area contributed by atoms with Crippen molar-refractivity contribution in [2.24, 2.45) is 5.92 Å². The van der Waals surface area contributed by atoms with Gasteiger partial charge in [0.2, 0.25) is 0 Å². The van der Waals surface area contributed by atoms with Crippen molar-refractivity contribution in [1.29, 1.82) is 0 Å². The van der Waals surface area contributed by atoms with Crippen LogP contribution in [0.1, 0.15) is 31.5 Å². The predicted molar refractivity (Wildman–Crippen MR) is 63.4 cm³/mol. The van der Waals surface area contributed by atoms with Gasteiger partial charge in [0, 0.05) is 25.8 Å². The van der Waals surface area contributed by atoms with Gasteiger partial charge in [0.1, 0.15) is 6.33 Å². The highest BCUT2D eigenvalue weighted by atomic mass is 16.5. The number of hydrogen-bond donors (Lipinski definition) is 1. The lowest BCUT2D eigenvalue weighted by atomic mass is 10.0. The van der Waals surface area contributed by atoms with Crippen LogP contribution in [-0.4, -0.2) is 34.0 Å². The van der Waals surface area contributed by atoms with Gasteiger partial charge in [-0.1, -0.05) is 0 Å². The minimum Gasteiger partial charge on any atom is -0.381 e. The molecule has 1 N–H and O–H groups in total. The van der Waals surface area contributed by atoms with Crippen molar-refractivity contribution in [3.63, 3.8) is 0 Å². The average molecular weight is 236 g/mol. The van der Waals surface area contributed by atoms with Gasteiger partial charge in [-0.3, -0.25) is 4.68 Å². The zero-order valence-corrected chi connectivity index (χ0v) is 10.1. The number of nitrogens with one attached hydrogen (secondary N) is 1. The number of aromatic nitrogens is 3. The molecule has 1 aliphatic heterocycles. The van der Waals surface area contributed by atoms with Crippen molar-refractivity contribution in [2.75, 3.05) is 13.2 Å². The van der Waals surface area contributed by atoms with E-state index in [9.17, 15) is 0 Å². The van der Waals surface area contributed by atoms with Crippen molar-refractivity contribution in [2.45, 2.75) is 44.8 Å². The summed E-state index contributed by atoms with van der Waals surface area (Å²) in [5, 5.41) is 7.94. The van der Waals surface area contributed by atoms with Crippen molar-refractivity contribution < 1.29 is 4.74 Å². The first-order chi connectivity index (χ1) is 8.40. The topological polar surface area (TPSA) is 52.0 Å². The van der Waals surface area contributed by atoms with E-state index in [1.165, 1.54) is 12.8 Å². The number of rotatable bonds is 5. The fraction of sp³-hybridized carbons (Fsp3) is 0.833. The zero-order chi connectivity index (χ0) is 11.5. The van der Waals surface area contributed by atoms with Crippen LogP contribution in [0.25, 0.3) is 0 Å². The maximum Gasteiger partial charge on any atom is 0.164 e. The van der Waals surface area contributed by atoms with Gasteiger partial charge in [-0.25, -0.2) is 4.98 Å². The van der Waals surface area contributed by atoms with E-state index in [1.807, 2.05) is 11.0 Å². The Morgan fingerprint density at radius 3 is 2.88 bits per heavy atom. The Balaban J connectivity index is 1.48. The minimum atomic E-state index is 0.703. The molecule has 3 rings (SSSR count). The maximum absolute atomic E-state index is 5.36. The van der Waals surface area contributed by atoms with E-state index in [4.69, 9.17) is 4.74 Å². The summed E-state index contributed by atoms with van der Waals surface area (Å²) in [4.78, 5) is 4.34. The van der Waals surface area contributed by atoms with E-state index in [2.05, 4.69) is 15.4 Å². The first-order valence-electron chi connectivity index (χ1n) is 6.59. The summed E-state index contributed by atoms with van der Waals surface area (Å²) in [6.07, 6.45) is 6.77. The van der Waals surface area contributed by atoms with Crippen LogP contribution in [0.3, 0.4) is 0 Å². The quantitative estimate of drug-likeness (QED) is 0.827. The largest absolute Gasteiger partial charge is 0.381 e. The molecule has 1 aromatic heterocycles. The normalized spacial score (nSPS) is 21.9. The molecule has 2 fully saturated rings. The van der Waals surface area contributed by atoms with Gasteiger partial charge in [-0.2, -0.15) is 5.10 Å². The van der Waals surface area contributed by atoms with Crippen molar-refractivity contribution in [3.05, 3.63) is 12.2 Å². The molecule has 5 nitrogen and oxygen atoms in total. The van der Waals surface area contributed by atoms with Gasteiger partial charge >= 0.3 is 0 Å². The van der Waals surface area contributed by atoms with E-state index < -0.39 is 0 Å². The molecule has 0 spiro atoms. The van der Waals surface area contributed by atoms with Crippen LogP contribution in [0.2, 0.25) is 0 Å². The molecule has 17 heavy (non-hydrogen) atoms. The molecule has 0 bridgehead atoms. The summed E-state index contributed by atoms with van der Waals surface area (Å²) in [7, 11) is 0. The summed E-state index contributed by atoms with van der Waals surface area (Å²) in [5.41, 5.74) is 0. The summed E-state index contributed by atoms with van der Waals surface area (Å²) < 4.78 is 7.35. The SMILES string of the molecule is c1nc(CNC2CC2)nn1CC1CCOCC1. The predicted octanol–water partition coefficient (Wildman–Crippen LogP) is 0.957. The third kappa shape index (κ3) is 3.26. The molecule has 1 saturated heterocycles. The van der Waals surface area contributed by atoms with Gasteiger partial charge in [0.25, 0.3) is 0 Å². The Bertz CT molecular complexity index is 355. The second-order valence-electron chi connectivity index (χ2n) is 5.09. The third-order valence-corrected chi connectivity index (χ3v) is 3.50. The third-order valence-electron chi connectivity index (χ3n) is 3.50. The summed E-state index contributed by atoms with van der Waals surface area (Å²) in [6, 6.07) is 0.720. The van der Waals surface area contributed by atoms with Crippen LogP contribution >= 0.6 is 0 Å². The Morgan fingerprint density at radius 2 is 2.12 bits per heavy atom. The molecule has 1 aromatic rings. The van der Waals surface area contributed by atoms with Crippen LogP contribution in [0, 0.1) is 5.92 Å². The first-order valence-corrected chi connectivity index (χ1v) is 6.59. The van der Waals surface area contributed by atoms with Crippen molar-refractivity contribution >= 4 is 0 Å². The Labute approximate surface area is 102 Å². The first kappa shape index (κ1) is 11.2. The van der Waals surface area contributed by atoms with Crippen molar-refractivity contribution in [3.8, 4) is 0 Å². The highest BCUT2D eigenvalue weighted by Gasteiger charge is 2.21. The van der Waals surface area contributed by atoms with E-state index in [0.29, 0.717) is 5.92 Å². The number of nitrogens with zero attached hydrogens (tertiary/aromatic N) is 3. The van der Waals surface area contributed by atoms with E-state index in [1.54, 1.807) is 0 Å². The molecule has 0 aromatic carbocycles. The molecule has 0 atom stereocenters. The summed E-state index contributed by atoms with van der Waals surface area (Å²) in [5.74, 6) is 1.62. The van der Waals surface area contributed by atoms with E-state index >= 15 is 0 Å². The average Bonchev–Trinajstić information content (AvgIpc) is 3.09. The smallest absolute Gasteiger partial charge is 0.164 e. The minimum absolute atomic E-state index is 0.703. The molecule has 94 valence electrons. The zero-order valence-electron chi connectivity index (χ0n) is 10.1. The van der Waals surface area contributed by atoms with Crippen LogP contribution in [0.15, 0.2) is 6.33 Å². The highest BCUT2D eigenvalue weighted by Crippen LogP contribution is 2.19. The van der Waals surface area contributed by atoms with E-state index in [0.717, 1.165) is 51.0 Å². The second kappa shape index (κ2) is 5.14. The van der Waals surface area contributed by atoms with Crippen LogP contribution in [0.4, 0.5) is 0 Å². The number of hydrogen-bond acceptors (Lipinski definition) is 4. The van der Waals surface area contributed by atoms with Gasteiger partial charge in [0.15, 0.2) is 5.82 Å². The molecule has 0 unspecified atom stereocenters. The lowest BCUT2D eigenvalue weighted by molar-refractivity contribution is 0.0601. The number of ether oxygens (including phenoxy) is 1. The Kier molecular flexibility index (Phi) is 3.38. The van der Waals surface area contributed by atoms with Gasteiger partial charge in [-0.05, 0) is 31.6 Å². The monoisotopic (exact) mass is 236 g/mol. The van der Waals surface area contributed by atoms with Gasteiger partial charge in [0.05, 0.1) is 6.54 Å². The lowest BCUT2D eigenvalue weighted by Gasteiger charge is -2.21. The molecular formula is C12H20N4O. The molecule has 2 heterocycles. The molecule has 1 saturated carbocycles. The molecule has 5 heteroatoms. The molecule has 1 aliphatic carbocycles. The fourth-order valence-electron chi connectivity index (χ4n) is 2.22. The Morgan fingerprint density at radius 1 is 1.29 bits per heavy atom. The molecule has 2 aliphatic rings.